The van der Waals surface area contributed by atoms with E-state index in [1.807, 2.05) is 26.1 Å². The summed E-state index contributed by atoms with van der Waals surface area (Å²) in [6.07, 6.45) is -1.74. The zero-order chi connectivity index (χ0) is 32.5. The normalized spacial score (nSPS) is 17.4. The molecule has 5 rings (SSSR count). The van der Waals surface area contributed by atoms with Crippen LogP contribution in [0.4, 0.5) is 28.2 Å². The maximum atomic E-state index is 15.3. The molecule has 1 aliphatic heterocycles. The molecular weight excluding hydrogens is 598 g/mol. The zero-order valence-electron chi connectivity index (χ0n) is 25.0. The fourth-order valence-electron chi connectivity index (χ4n) is 5.10. The van der Waals surface area contributed by atoms with Crippen LogP contribution in [0.2, 0.25) is 0 Å². The second-order valence-electron chi connectivity index (χ2n) is 11.9. The molecule has 0 radical (unpaired) electrons. The second-order valence-corrected chi connectivity index (χ2v) is 11.9. The molecule has 12 nitrogen and oxygen atoms in total. The number of nitrogens with zero attached hydrogens (tertiary/aromatic N) is 5. The van der Waals surface area contributed by atoms with Crippen LogP contribution in [-0.2, 0) is 12.0 Å². The zero-order valence-corrected chi connectivity index (χ0v) is 25.0. The Hall–Kier alpha value is -4.76. The van der Waals surface area contributed by atoms with Crippen molar-refractivity contribution in [3.63, 3.8) is 0 Å². The number of aromatic amines is 1. The van der Waals surface area contributed by atoms with Gasteiger partial charge in [0.1, 0.15) is 12.4 Å². The van der Waals surface area contributed by atoms with Crippen molar-refractivity contribution in [3.8, 4) is 11.1 Å². The van der Waals surface area contributed by atoms with E-state index in [1.165, 1.54) is 11.0 Å². The Morgan fingerprint density at radius 1 is 1.16 bits per heavy atom. The number of anilines is 1. The summed E-state index contributed by atoms with van der Waals surface area (Å²) in [5.41, 5.74) is 1.39. The van der Waals surface area contributed by atoms with E-state index in [0.717, 1.165) is 0 Å². The lowest BCUT2D eigenvalue weighted by Crippen LogP contribution is -2.55. The topological polar surface area (TPSA) is 154 Å². The van der Waals surface area contributed by atoms with E-state index < -0.39 is 41.9 Å². The van der Waals surface area contributed by atoms with Crippen LogP contribution in [0.25, 0.3) is 22.2 Å². The number of hydrogen-bond acceptors (Lipinski definition) is 8. The van der Waals surface area contributed by atoms with Crippen molar-refractivity contribution in [1.82, 2.24) is 40.9 Å². The number of carbonyl (C=O) groups is 2. The number of carbonyl (C=O) groups excluding carboxylic acids is 2. The lowest BCUT2D eigenvalue weighted by molar-refractivity contribution is -0.123. The number of nitrogens with one attached hydrogen (secondary N) is 4. The monoisotopic (exact) mass is 631 g/mol. The Balaban J connectivity index is 1.31. The summed E-state index contributed by atoms with van der Waals surface area (Å²) in [5, 5.41) is 19.4. The number of piperidine rings is 1. The summed E-state index contributed by atoms with van der Waals surface area (Å²) in [4.78, 5) is 34.8. The molecular formula is C29H33F4N9O3. The molecule has 240 valence electrons. The number of urea groups is 1. The highest BCUT2D eigenvalue weighted by Crippen LogP contribution is 2.34. The number of fused-ring (bicyclic) bond motifs is 1. The Labute approximate surface area is 255 Å². The van der Waals surface area contributed by atoms with Crippen molar-refractivity contribution in [3.05, 3.63) is 53.6 Å². The number of rotatable bonds is 7. The maximum Gasteiger partial charge on any atom is 0.405 e. The van der Waals surface area contributed by atoms with Crippen LogP contribution < -0.4 is 16.0 Å². The minimum atomic E-state index is -4.51. The van der Waals surface area contributed by atoms with Crippen molar-refractivity contribution in [2.75, 3.05) is 18.4 Å². The molecule has 1 saturated heterocycles. The van der Waals surface area contributed by atoms with Crippen molar-refractivity contribution >= 4 is 28.8 Å². The van der Waals surface area contributed by atoms with Gasteiger partial charge in [-0.15, -0.1) is 0 Å². The number of alkyl halides is 3. The van der Waals surface area contributed by atoms with Gasteiger partial charge in [0.25, 0.3) is 11.7 Å². The van der Waals surface area contributed by atoms with E-state index in [2.05, 4.69) is 36.0 Å². The summed E-state index contributed by atoms with van der Waals surface area (Å²) in [5.74, 6) is -0.583. The van der Waals surface area contributed by atoms with Crippen molar-refractivity contribution in [2.24, 2.45) is 0 Å². The minimum absolute atomic E-state index is 0.110. The molecule has 2 atom stereocenters. The number of aromatic nitrogens is 5. The fraction of sp³-hybridized carbons (Fsp3) is 0.448. The van der Waals surface area contributed by atoms with Crippen LogP contribution in [0.15, 0.2) is 35.0 Å². The number of H-pyrrole nitrogens is 1. The van der Waals surface area contributed by atoms with E-state index >= 15 is 4.39 Å². The second kappa shape index (κ2) is 12.3. The van der Waals surface area contributed by atoms with Gasteiger partial charge in [-0.1, -0.05) is 38.1 Å². The van der Waals surface area contributed by atoms with Gasteiger partial charge in [-0.05, 0) is 43.0 Å². The van der Waals surface area contributed by atoms with Gasteiger partial charge < -0.3 is 25.4 Å². The molecule has 4 N–H and O–H groups in total. The Bertz CT molecular complexity index is 1700. The highest BCUT2D eigenvalue weighted by atomic mass is 19.4. The molecule has 0 bridgehead atoms. The molecule has 45 heavy (non-hydrogen) atoms. The van der Waals surface area contributed by atoms with Gasteiger partial charge in [-0.2, -0.15) is 23.3 Å². The fourth-order valence-corrected chi connectivity index (χ4v) is 5.10. The van der Waals surface area contributed by atoms with Crippen molar-refractivity contribution in [1.29, 1.82) is 0 Å². The average Bonchev–Trinajstić information content (AvgIpc) is 3.64. The molecule has 4 heterocycles. The third-order valence-electron chi connectivity index (χ3n) is 7.55. The Kier molecular flexibility index (Phi) is 8.67. The van der Waals surface area contributed by atoms with Gasteiger partial charge in [0.15, 0.2) is 11.5 Å². The van der Waals surface area contributed by atoms with E-state index in [0.29, 0.717) is 53.3 Å². The SMILES string of the molecule is C[C@@H]1[C@H](Nc2n[nH]c3nccc(-c4ccc(CNC(=O)c5noc(C(C)(C)C)n5)c(F)c4)c23)CCCN1C(=O)NCC(F)(F)F. The molecule has 3 amide bonds. The smallest absolute Gasteiger partial charge is 0.363 e. The van der Waals surface area contributed by atoms with E-state index in [1.54, 1.807) is 31.3 Å². The van der Waals surface area contributed by atoms with Crippen molar-refractivity contribution in [2.45, 2.75) is 70.8 Å². The summed E-state index contributed by atoms with van der Waals surface area (Å²) >= 11 is 0. The van der Waals surface area contributed by atoms with E-state index in [4.69, 9.17) is 4.52 Å². The first-order chi connectivity index (χ1) is 21.2. The van der Waals surface area contributed by atoms with Gasteiger partial charge in [-0.25, -0.2) is 14.2 Å². The highest BCUT2D eigenvalue weighted by molar-refractivity contribution is 6.00. The molecule has 1 aromatic carbocycles. The molecule has 0 saturated carbocycles. The summed E-state index contributed by atoms with van der Waals surface area (Å²) < 4.78 is 58.4. The third-order valence-corrected chi connectivity index (χ3v) is 7.55. The summed E-state index contributed by atoms with van der Waals surface area (Å²) in [6, 6.07) is 4.76. The lowest BCUT2D eigenvalue weighted by atomic mass is 9.97. The number of likely N-dealkylation sites (tertiary alicyclic amines) is 1. The molecule has 16 heteroatoms. The van der Waals surface area contributed by atoms with Crippen LogP contribution >= 0.6 is 0 Å². The van der Waals surface area contributed by atoms with E-state index in [9.17, 15) is 22.8 Å². The molecule has 0 unspecified atom stereocenters. The maximum absolute atomic E-state index is 15.3. The van der Waals surface area contributed by atoms with Crippen LogP contribution in [-0.4, -0.2) is 73.5 Å². The summed E-state index contributed by atoms with van der Waals surface area (Å²) in [6.45, 7) is 6.16. The average molecular weight is 632 g/mol. The molecule has 0 aliphatic carbocycles. The van der Waals surface area contributed by atoms with Crippen molar-refractivity contribution < 1.29 is 31.7 Å². The predicted molar refractivity (Wildman–Crippen MR) is 156 cm³/mol. The van der Waals surface area contributed by atoms with Crippen LogP contribution in [0.5, 0.6) is 0 Å². The first kappa shape index (κ1) is 31.7. The van der Waals surface area contributed by atoms with Gasteiger partial charge >= 0.3 is 12.2 Å². The number of halogens is 4. The number of amides is 3. The van der Waals surface area contributed by atoms with Gasteiger partial charge in [0, 0.05) is 36.3 Å². The molecule has 0 spiro atoms. The summed E-state index contributed by atoms with van der Waals surface area (Å²) in [7, 11) is 0. The highest BCUT2D eigenvalue weighted by Gasteiger charge is 2.34. The molecule has 4 aromatic rings. The van der Waals surface area contributed by atoms with Gasteiger partial charge in [0.05, 0.1) is 11.4 Å². The van der Waals surface area contributed by atoms with Crippen LogP contribution in [0.1, 0.15) is 62.6 Å². The van der Waals surface area contributed by atoms with E-state index in [-0.39, 0.29) is 24.0 Å². The predicted octanol–water partition coefficient (Wildman–Crippen LogP) is 4.91. The molecule has 1 fully saturated rings. The Morgan fingerprint density at radius 2 is 1.93 bits per heavy atom. The number of hydrogen-bond donors (Lipinski definition) is 4. The van der Waals surface area contributed by atoms with Crippen LogP contribution in [0.3, 0.4) is 0 Å². The first-order valence-corrected chi connectivity index (χ1v) is 14.3. The van der Waals surface area contributed by atoms with Crippen LogP contribution in [0, 0.1) is 5.82 Å². The number of pyridine rings is 1. The van der Waals surface area contributed by atoms with Gasteiger partial charge in [-0.3, -0.25) is 9.89 Å². The first-order valence-electron chi connectivity index (χ1n) is 14.3. The molecule has 1 aliphatic rings. The van der Waals surface area contributed by atoms with Gasteiger partial charge in [0.2, 0.25) is 5.89 Å². The Morgan fingerprint density at radius 3 is 2.62 bits per heavy atom. The number of benzene rings is 1. The quantitative estimate of drug-likeness (QED) is 0.210. The molecule has 3 aromatic heterocycles. The minimum Gasteiger partial charge on any atom is -0.363 e. The third kappa shape index (κ3) is 7.15. The standard InChI is InChI=1S/C29H33F4N9O3/c1-15-20(6-5-11-42(15)27(44)36-14-29(31,32)33)37-23-21-18(9-10-34-22(21)39-40-23)16-7-8-17(19(30)12-16)13-35-25(43)24-38-26(45-41-24)28(2,3)4/h7-10,12,15,20H,5-6,11,13-14H2,1-4H3,(H,35,43)(H,36,44)(H2,34,37,39,40)/t15-,20-/m1/s1. The largest absolute Gasteiger partial charge is 0.405 e. The lowest BCUT2D eigenvalue weighted by Gasteiger charge is -2.39.